The summed E-state index contributed by atoms with van der Waals surface area (Å²) in [6.45, 7) is 3.13. The monoisotopic (exact) mass is 391 g/mol. The van der Waals surface area contributed by atoms with E-state index in [4.69, 9.17) is 0 Å². The zero-order valence-corrected chi connectivity index (χ0v) is 16.8. The van der Waals surface area contributed by atoms with Crippen LogP contribution in [-0.4, -0.2) is 41.2 Å². The second kappa shape index (κ2) is 9.12. The molecule has 0 spiro atoms. The van der Waals surface area contributed by atoms with Gasteiger partial charge in [-0.15, -0.1) is 0 Å². The molecule has 0 aromatic heterocycles. The van der Waals surface area contributed by atoms with Crippen LogP contribution in [0.25, 0.3) is 0 Å². The van der Waals surface area contributed by atoms with Crippen molar-refractivity contribution < 1.29 is 9.59 Å². The highest BCUT2D eigenvalue weighted by Gasteiger charge is 2.27. The van der Waals surface area contributed by atoms with Crippen LogP contribution < -0.4 is 5.32 Å². The highest BCUT2D eigenvalue weighted by molar-refractivity contribution is 5.86. The number of hydrogen-bond acceptors (Lipinski definition) is 3. The second-order valence-corrected chi connectivity index (χ2v) is 7.99. The van der Waals surface area contributed by atoms with Gasteiger partial charge in [0.15, 0.2) is 0 Å². The van der Waals surface area contributed by atoms with E-state index in [1.807, 2.05) is 58.3 Å². The number of nitrogens with zero attached hydrogens (tertiary/aromatic N) is 2. The topological polar surface area (TPSA) is 52.7 Å². The number of amides is 2. The minimum absolute atomic E-state index is 0.135. The van der Waals surface area contributed by atoms with Gasteiger partial charge in [0.2, 0.25) is 11.8 Å². The average Bonchev–Trinajstić information content (AvgIpc) is 3.17. The van der Waals surface area contributed by atoms with E-state index in [1.54, 1.807) is 0 Å². The van der Waals surface area contributed by atoms with Crippen molar-refractivity contribution in [3.05, 3.63) is 65.7 Å². The molecule has 5 heteroatoms. The molecule has 152 valence electrons. The fourth-order valence-electron chi connectivity index (χ4n) is 4.25. The highest BCUT2D eigenvalue weighted by atomic mass is 16.2. The fourth-order valence-corrected chi connectivity index (χ4v) is 4.25. The van der Waals surface area contributed by atoms with Crippen LogP contribution in [0.5, 0.6) is 0 Å². The number of carbonyl (C=O) groups excluding carboxylic acids is 2. The Kier molecular flexibility index (Phi) is 6.13. The maximum atomic E-state index is 13.3. The molecule has 2 saturated heterocycles. The predicted octanol–water partition coefficient (Wildman–Crippen LogP) is 3.97. The molecule has 1 atom stereocenters. The van der Waals surface area contributed by atoms with E-state index in [9.17, 15) is 9.59 Å². The Morgan fingerprint density at radius 1 is 0.931 bits per heavy atom. The van der Waals surface area contributed by atoms with Crippen LogP contribution in [0.4, 0.5) is 5.69 Å². The molecule has 0 unspecified atom stereocenters. The van der Waals surface area contributed by atoms with E-state index in [0.29, 0.717) is 13.0 Å². The first-order chi connectivity index (χ1) is 14.2. The van der Waals surface area contributed by atoms with Crippen molar-refractivity contribution in [2.24, 2.45) is 0 Å². The molecule has 0 saturated carbocycles. The van der Waals surface area contributed by atoms with Gasteiger partial charge in [-0.2, -0.15) is 0 Å². The van der Waals surface area contributed by atoms with Gasteiger partial charge in [0.25, 0.3) is 0 Å². The molecule has 2 aliphatic heterocycles. The lowest BCUT2D eigenvalue weighted by atomic mass is 10.0. The summed E-state index contributed by atoms with van der Waals surface area (Å²) >= 11 is 0. The molecule has 4 rings (SSSR count). The van der Waals surface area contributed by atoms with Crippen molar-refractivity contribution in [1.29, 1.82) is 0 Å². The fraction of sp³-hybridized carbons (Fsp3) is 0.417. The Labute approximate surface area is 172 Å². The van der Waals surface area contributed by atoms with Crippen molar-refractivity contribution in [3.8, 4) is 0 Å². The van der Waals surface area contributed by atoms with Gasteiger partial charge in [-0.1, -0.05) is 42.5 Å². The molecular weight excluding hydrogens is 362 g/mol. The lowest BCUT2D eigenvalue weighted by Crippen LogP contribution is -2.41. The molecule has 0 bridgehead atoms. The summed E-state index contributed by atoms with van der Waals surface area (Å²) in [6.07, 6.45) is 4.94. The standard InChI is InChI=1S/C24H29N3O2/c28-22-13-8-16-27(22)18-19-9-7-12-21(17-19)25-23(20-10-3-1-4-11-20)24(29)26-14-5-2-6-15-26/h1,3-4,7,9-12,17,23,25H,2,5-6,8,13-16,18H2/t23-/m1/s1. The molecule has 2 aliphatic rings. The summed E-state index contributed by atoms with van der Waals surface area (Å²) in [4.78, 5) is 29.2. The molecular formula is C24H29N3O2. The molecule has 5 nitrogen and oxygen atoms in total. The molecule has 2 aromatic rings. The van der Waals surface area contributed by atoms with E-state index < -0.39 is 6.04 Å². The van der Waals surface area contributed by atoms with Crippen molar-refractivity contribution in [3.63, 3.8) is 0 Å². The molecule has 2 amide bonds. The van der Waals surface area contributed by atoms with Crippen LogP contribution >= 0.6 is 0 Å². The average molecular weight is 392 g/mol. The number of nitrogens with one attached hydrogen (secondary N) is 1. The molecule has 0 radical (unpaired) electrons. The maximum absolute atomic E-state index is 13.3. The first-order valence-electron chi connectivity index (χ1n) is 10.7. The summed E-state index contributed by atoms with van der Waals surface area (Å²) in [5.74, 6) is 0.363. The van der Waals surface area contributed by atoms with E-state index >= 15 is 0 Å². The Balaban J connectivity index is 1.53. The molecule has 29 heavy (non-hydrogen) atoms. The number of hydrogen-bond donors (Lipinski definition) is 1. The van der Waals surface area contributed by atoms with E-state index in [-0.39, 0.29) is 11.8 Å². The smallest absolute Gasteiger partial charge is 0.249 e. The van der Waals surface area contributed by atoms with Gasteiger partial charge in [-0.3, -0.25) is 9.59 Å². The van der Waals surface area contributed by atoms with E-state index in [0.717, 1.165) is 55.7 Å². The first-order valence-corrected chi connectivity index (χ1v) is 10.7. The highest BCUT2D eigenvalue weighted by Crippen LogP contribution is 2.25. The third-order valence-electron chi connectivity index (χ3n) is 5.83. The van der Waals surface area contributed by atoms with Crippen molar-refractivity contribution in [2.45, 2.75) is 44.7 Å². The predicted molar refractivity (Wildman–Crippen MR) is 114 cm³/mol. The van der Waals surface area contributed by atoms with E-state index in [2.05, 4.69) is 11.4 Å². The first kappa shape index (κ1) is 19.5. The minimum atomic E-state index is -0.405. The molecule has 2 aromatic carbocycles. The minimum Gasteiger partial charge on any atom is -0.370 e. The van der Waals surface area contributed by atoms with Crippen molar-refractivity contribution >= 4 is 17.5 Å². The lowest BCUT2D eigenvalue weighted by Gasteiger charge is -2.31. The summed E-state index contributed by atoms with van der Waals surface area (Å²) in [6, 6.07) is 17.6. The van der Waals surface area contributed by atoms with Crippen LogP contribution in [0.3, 0.4) is 0 Å². The molecule has 2 heterocycles. The number of rotatable bonds is 6. The van der Waals surface area contributed by atoms with Gasteiger partial charge in [-0.25, -0.2) is 0 Å². The van der Waals surface area contributed by atoms with Gasteiger partial charge in [0, 0.05) is 38.3 Å². The molecule has 2 fully saturated rings. The summed E-state index contributed by atoms with van der Waals surface area (Å²) in [5, 5.41) is 3.47. The molecule has 1 N–H and O–H groups in total. The maximum Gasteiger partial charge on any atom is 0.249 e. The number of likely N-dealkylation sites (tertiary alicyclic amines) is 2. The Morgan fingerprint density at radius 3 is 2.45 bits per heavy atom. The summed E-state index contributed by atoms with van der Waals surface area (Å²) in [5.41, 5.74) is 2.97. The summed E-state index contributed by atoms with van der Waals surface area (Å²) < 4.78 is 0. The second-order valence-electron chi connectivity index (χ2n) is 7.99. The zero-order valence-electron chi connectivity index (χ0n) is 16.8. The van der Waals surface area contributed by atoms with Crippen LogP contribution in [0, 0.1) is 0 Å². The Morgan fingerprint density at radius 2 is 1.72 bits per heavy atom. The normalized spacial score (nSPS) is 18.0. The van der Waals surface area contributed by atoms with E-state index in [1.165, 1.54) is 6.42 Å². The number of piperidine rings is 1. The Hall–Kier alpha value is -2.82. The summed E-state index contributed by atoms with van der Waals surface area (Å²) in [7, 11) is 0. The Bertz CT molecular complexity index is 846. The largest absolute Gasteiger partial charge is 0.370 e. The number of carbonyl (C=O) groups is 2. The quantitative estimate of drug-likeness (QED) is 0.811. The number of anilines is 1. The van der Waals surface area contributed by atoms with Crippen molar-refractivity contribution in [1.82, 2.24) is 9.80 Å². The third-order valence-corrected chi connectivity index (χ3v) is 5.83. The van der Waals surface area contributed by atoms with Gasteiger partial charge in [0.05, 0.1) is 0 Å². The van der Waals surface area contributed by atoms with Crippen molar-refractivity contribution in [2.75, 3.05) is 25.0 Å². The SMILES string of the molecule is O=C1CCCN1Cc1cccc(N[C@@H](C(=O)N2CCCCC2)c2ccccc2)c1. The van der Waals surface area contributed by atoms with Gasteiger partial charge in [-0.05, 0) is 48.9 Å². The lowest BCUT2D eigenvalue weighted by molar-refractivity contribution is -0.133. The molecule has 0 aliphatic carbocycles. The van der Waals surface area contributed by atoms with Crippen LogP contribution in [0.2, 0.25) is 0 Å². The third kappa shape index (κ3) is 4.78. The van der Waals surface area contributed by atoms with Crippen LogP contribution in [0.1, 0.15) is 49.3 Å². The van der Waals surface area contributed by atoms with Crippen LogP contribution in [0.15, 0.2) is 54.6 Å². The number of benzene rings is 2. The van der Waals surface area contributed by atoms with Gasteiger partial charge in [0.1, 0.15) is 6.04 Å². The van der Waals surface area contributed by atoms with Gasteiger partial charge < -0.3 is 15.1 Å². The van der Waals surface area contributed by atoms with Crippen LogP contribution in [-0.2, 0) is 16.1 Å². The zero-order chi connectivity index (χ0) is 20.1. The van der Waals surface area contributed by atoms with Gasteiger partial charge >= 0.3 is 0 Å².